The summed E-state index contributed by atoms with van der Waals surface area (Å²) in [5, 5.41) is 6.06. The van der Waals surface area contributed by atoms with E-state index in [1.54, 1.807) is 0 Å². The second-order valence-corrected chi connectivity index (χ2v) is 6.71. The van der Waals surface area contributed by atoms with Gasteiger partial charge in [0.05, 0.1) is 13.2 Å². The minimum Gasteiger partial charge on any atom is -0.494 e. The molecule has 0 aromatic heterocycles. The van der Waals surface area contributed by atoms with Crippen LogP contribution in [0.15, 0.2) is 42.5 Å². The summed E-state index contributed by atoms with van der Waals surface area (Å²) in [6.07, 6.45) is 4.77. The highest BCUT2D eigenvalue weighted by molar-refractivity contribution is 5.93. The SMILES string of the molecule is CCCCCCOc1ccc(NC(=O)CNc2cc(C)cc(C)c2)cc1. The lowest BCUT2D eigenvalue weighted by atomic mass is 10.1. The second kappa shape index (κ2) is 10.5. The van der Waals surface area contributed by atoms with Gasteiger partial charge in [0.1, 0.15) is 5.75 Å². The summed E-state index contributed by atoms with van der Waals surface area (Å²) >= 11 is 0. The molecule has 0 saturated carbocycles. The Morgan fingerprint density at radius 3 is 2.27 bits per heavy atom. The molecule has 0 aliphatic carbocycles. The molecular formula is C22H30N2O2. The molecule has 0 radical (unpaired) electrons. The van der Waals surface area contributed by atoms with Gasteiger partial charge < -0.3 is 15.4 Å². The van der Waals surface area contributed by atoms with Crippen LogP contribution in [0.4, 0.5) is 11.4 Å². The lowest BCUT2D eigenvalue weighted by Gasteiger charge is -2.10. The number of hydrogen-bond donors (Lipinski definition) is 2. The highest BCUT2D eigenvalue weighted by Crippen LogP contribution is 2.17. The third-order valence-electron chi connectivity index (χ3n) is 4.08. The van der Waals surface area contributed by atoms with Gasteiger partial charge >= 0.3 is 0 Å². The maximum atomic E-state index is 12.1. The zero-order chi connectivity index (χ0) is 18.8. The van der Waals surface area contributed by atoms with Gasteiger partial charge in [-0.2, -0.15) is 0 Å². The van der Waals surface area contributed by atoms with Crippen LogP contribution < -0.4 is 15.4 Å². The number of carbonyl (C=O) groups is 1. The summed E-state index contributed by atoms with van der Waals surface area (Å²) in [4.78, 5) is 12.1. The molecule has 0 saturated heterocycles. The third-order valence-corrected chi connectivity index (χ3v) is 4.08. The van der Waals surface area contributed by atoms with E-state index in [0.29, 0.717) is 0 Å². The molecule has 2 aromatic carbocycles. The fourth-order valence-corrected chi connectivity index (χ4v) is 2.82. The van der Waals surface area contributed by atoms with Crippen LogP contribution in [0.5, 0.6) is 5.75 Å². The maximum absolute atomic E-state index is 12.1. The number of amides is 1. The first kappa shape index (κ1) is 19.8. The number of unbranched alkanes of at least 4 members (excludes halogenated alkanes) is 3. The molecule has 0 spiro atoms. The smallest absolute Gasteiger partial charge is 0.243 e. The van der Waals surface area contributed by atoms with Gasteiger partial charge in [0.25, 0.3) is 0 Å². The van der Waals surface area contributed by atoms with Gasteiger partial charge in [0, 0.05) is 11.4 Å². The summed E-state index contributed by atoms with van der Waals surface area (Å²) in [6, 6.07) is 13.7. The van der Waals surface area contributed by atoms with Crippen LogP contribution in [0.25, 0.3) is 0 Å². The van der Waals surface area contributed by atoms with Crippen LogP contribution in [0.3, 0.4) is 0 Å². The Bertz CT molecular complexity index is 676. The average molecular weight is 354 g/mol. The molecule has 2 N–H and O–H groups in total. The van der Waals surface area contributed by atoms with Crippen molar-refractivity contribution >= 4 is 17.3 Å². The molecule has 26 heavy (non-hydrogen) atoms. The fourth-order valence-electron chi connectivity index (χ4n) is 2.82. The zero-order valence-corrected chi connectivity index (χ0v) is 16.1. The van der Waals surface area contributed by atoms with Crippen molar-refractivity contribution < 1.29 is 9.53 Å². The van der Waals surface area contributed by atoms with Gasteiger partial charge in [0.2, 0.25) is 5.91 Å². The Hall–Kier alpha value is -2.49. The molecule has 4 heteroatoms. The van der Waals surface area contributed by atoms with Crippen molar-refractivity contribution in [1.82, 2.24) is 0 Å². The third kappa shape index (κ3) is 7.18. The van der Waals surface area contributed by atoms with Crippen LogP contribution >= 0.6 is 0 Å². The van der Waals surface area contributed by atoms with Gasteiger partial charge in [0.15, 0.2) is 0 Å². The van der Waals surface area contributed by atoms with Crippen molar-refractivity contribution in [2.75, 3.05) is 23.8 Å². The largest absolute Gasteiger partial charge is 0.494 e. The lowest BCUT2D eigenvalue weighted by molar-refractivity contribution is -0.114. The number of carbonyl (C=O) groups excluding carboxylic acids is 1. The van der Waals surface area contributed by atoms with E-state index in [-0.39, 0.29) is 12.5 Å². The molecular weight excluding hydrogens is 324 g/mol. The van der Waals surface area contributed by atoms with E-state index >= 15 is 0 Å². The van der Waals surface area contributed by atoms with Crippen molar-refractivity contribution in [1.29, 1.82) is 0 Å². The molecule has 0 heterocycles. The molecule has 0 atom stereocenters. The quantitative estimate of drug-likeness (QED) is 0.568. The molecule has 0 aliphatic rings. The molecule has 0 unspecified atom stereocenters. The molecule has 0 aliphatic heterocycles. The normalized spacial score (nSPS) is 10.4. The molecule has 4 nitrogen and oxygen atoms in total. The summed E-state index contributed by atoms with van der Waals surface area (Å²) in [6.45, 7) is 7.27. The number of anilines is 2. The first-order valence-electron chi connectivity index (χ1n) is 9.41. The van der Waals surface area contributed by atoms with E-state index in [0.717, 1.165) is 30.2 Å². The van der Waals surface area contributed by atoms with Gasteiger partial charge in [-0.1, -0.05) is 32.3 Å². The summed E-state index contributed by atoms with van der Waals surface area (Å²) in [5.74, 6) is 0.769. The van der Waals surface area contributed by atoms with E-state index in [9.17, 15) is 4.79 Å². The standard InChI is InChI=1S/C22H30N2O2/c1-4-5-6-7-12-26-21-10-8-19(9-11-21)24-22(25)16-23-20-14-17(2)13-18(3)15-20/h8-11,13-15,23H,4-7,12,16H2,1-3H3,(H,24,25). The number of ether oxygens (including phenoxy) is 1. The van der Waals surface area contributed by atoms with E-state index in [4.69, 9.17) is 4.74 Å². The number of nitrogens with one attached hydrogen (secondary N) is 2. The van der Waals surface area contributed by atoms with Crippen LogP contribution in [0.2, 0.25) is 0 Å². The van der Waals surface area contributed by atoms with Crippen LogP contribution in [-0.2, 0) is 4.79 Å². The fraction of sp³-hybridized carbons (Fsp3) is 0.409. The van der Waals surface area contributed by atoms with Crippen molar-refractivity contribution in [2.45, 2.75) is 46.5 Å². The minimum absolute atomic E-state index is 0.0719. The molecule has 0 bridgehead atoms. The molecule has 1 amide bonds. The second-order valence-electron chi connectivity index (χ2n) is 6.71. The van der Waals surface area contributed by atoms with Gasteiger partial charge in [-0.05, 0) is 67.8 Å². The molecule has 2 rings (SSSR count). The number of benzene rings is 2. The summed E-state index contributed by atoms with van der Waals surface area (Å²) in [7, 11) is 0. The van der Waals surface area contributed by atoms with Crippen molar-refractivity contribution in [2.24, 2.45) is 0 Å². The van der Waals surface area contributed by atoms with E-state index in [2.05, 4.69) is 23.6 Å². The lowest BCUT2D eigenvalue weighted by Crippen LogP contribution is -2.21. The maximum Gasteiger partial charge on any atom is 0.243 e. The van der Waals surface area contributed by atoms with Crippen molar-refractivity contribution in [3.05, 3.63) is 53.6 Å². The minimum atomic E-state index is -0.0719. The van der Waals surface area contributed by atoms with Gasteiger partial charge in [-0.3, -0.25) is 4.79 Å². The predicted molar refractivity (Wildman–Crippen MR) is 109 cm³/mol. The molecule has 2 aromatic rings. The van der Waals surface area contributed by atoms with Crippen LogP contribution in [0, 0.1) is 13.8 Å². The van der Waals surface area contributed by atoms with Gasteiger partial charge in [-0.15, -0.1) is 0 Å². The Morgan fingerprint density at radius 2 is 1.62 bits per heavy atom. The highest BCUT2D eigenvalue weighted by atomic mass is 16.5. The highest BCUT2D eigenvalue weighted by Gasteiger charge is 2.04. The van der Waals surface area contributed by atoms with Gasteiger partial charge in [-0.25, -0.2) is 0 Å². The van der Waals surface area contributed by atoms with E-state index in [1.807, 2.05) is 50.2 Å². The summed E-state index contributed by atoms with van der Waals surface area (Å²) in [5.41, 5.74) is 4.09. The monoisotopic (exact) mass is 354 g/mol. The number of rotatable bonds is 10. The zero-order valence-electron chi connectivity index (χ0n) is 16.1. The predicted octanol–water partition coefficient (Wildman–Crippen LogP) is 5.31. The first-order valence-corrected chi connectivity index (χ1v) is 9.41. The summed E-state index contributed by atoms with van der Waals surface area (Å²) < 4.78 is 5.72. The Kier molecular flexibility index (Phi) is 8.00. The Morgan fingerprint density at radius 1 is 0.923 bits per heavy atom. The van der Waals surface area contributed by atoms with Crippen molar-refractivity contribution in [3.63, 3.8) is 0 Å². The number of aryl methyl sites for hydroxylation is 2. The van der Waals surface area contributed by atoms with Crippen LogP contribution in [-0.4, -0.2) is 19.1 Å². The molecule has 140 valence electrons. The van der Waals surface area contributed by atoms with Crippen molar-refractivity contribution in [3.8, 4) is 5.75 Å². The Labute approximate surface area is 157 Å². The first-order chi connectivity index (χ1) is 12.6. The van der Waals surface area contributed by atoms with E-state index in [1.165, 1.54) is 30.4 Å². The molecule has 0 fully saturated rings. The topological polar surface area (TPSA) is 50.4 Å². The van der Waals surface area contributed by atoms with E-state index < -0.39 is 0 Å². The van der Waals surface area contributed by atoms with Crippen LogP contribution in [0.1, 0.15) is 43.7 Å². The average Bonchev–Trinajstić information content (AvgIpc) is 2.60. The number of hydrogen-bond acceptors (Lipinski definition) is 3. The Balaban J connectivity index is 1.74.